The molecule has 226 valence electrons. The summed E-state index contributed by atoms with van der Waals surface area (Å²) in [6.07, 6.45) is 9.04. The van der Waals surface area contributed by atoms with Gasteiger partial charge in [-0.2, -0.15) is 0 Å². The highest BCUT2D eigenvalue weighted by atomic mass is 35.5. The normalized spacial score (nSPS) is 20.7. The van der Waals surface area contributed by atoms with Gasteiger partial charge in [0, 0.05) is 60.6 Å². The molecular weight excluding hydrogens is 558 g/mol. The van der Waals surface area contributed by atoms with E-state index in [1.165, 1.54) is 0 Å². The average molecular weight is 600 g/mol. The van der Waals surface area contributed by atoms with Gasteiger partial charge in [-0.1, -0.05) is 60.1 Å². The van der Waals surface area contributed by atoms with Crippen LogP contribution in [0.2, 0.25) is 5.02 Å². The van der Waals surface area contributed by atoms with Gasteiger partial charge >= 0.3 is 0 Å². The number of aromatic nitrogens is 2. The van der Waals surface area contributed by atoms with Crippen molar-refractivity contribution in [1.29, 1.82) is 0 Å². The molecule has 3 atom stereocenters. The third-order valence-electron chi connectivity index (χ3n) is 8.83. The van der Waals surface area contributed by atoms with Crippen LogP contribution in [-0.4, -0.2) is 32.7 Å². The standard InChI is InChI=1S/C36H42ClN3O3/c1-26-14-15-31-35(42-26)30-21-33(41-24-27-10-5-4-6-11-27)29(20-34(30)43-36(31,2)3)23-40(18-9-17-39-19-16-38-25-39)22-28-12-7-8-13-32(28)37/h4-8,10-13,16,19-21,25-26,31,35H,9,14-15,17-18,22-24H2,1-3H3/t26-,31-,35+/m0/s1. The van der Waals surface area contributed by atoms with Crippen LogP contribution in [0.25, 0.3) is 0 Å². The maximum Gasteiger partial charge on any atom is 0.126 e. The van der Waals surface area contributed by atoms with Crippen molar-refractivity contribution in [3.63, 3.8) is 0 Å². The molecule has 1 fully saturated rings. The molecule has 0 spiro atoms. The van der Waals surface area contributed by atoms with Crippen molar-refractivity contribution in [1.82, 2.24) is 14.5 Å². The molecule has 2 aliphatic rings. The van der Waals surface area contributed by atoms with Crippen molar-refractivity contribution in [2.45, 2.75) is 84.1 Å². The van der Waals surface area contributed by atoms with Crippen molar-refractivity contribution in [3.8, 4) is 11.5 Å². The molecule has 3 aromatic carbocycles. The number of benzene rings is 3. The Kier molecular flexibility index (Phi) is 9.08. The van der Waals surface area contributed by atoms with E-state index in [4.69, 9.17) is 25.8 Å². The van der Waals surface area contributed by atoms with E-state index >= 15 is 0 Å². The summed E-state index contributed by atoms with van der Waals surface area (Å²) in [6.45, 7) is 10.3. The van der Waals surface area contributed by atoms with Crippen LogP contribution in [0.5, 0.6) is 11.5 Å². The fraction of sp³-hybridized carbons (Fsp3) is 0.417. The number of aryl methyl sites for hydroxylation is 1. The SMILES string of the molecule is C[C@H]1CC[C@H]2[C@H](O1)c1cc(OCc3ccccc3)c(CN(CCCn3ccnc3)Cc3ccccc3Cl)cc1OC2(C)C. The summed E-state index contributed by atoms with van der Waals surface area (Å²) in [5.74, 6) is 2.08. The Morgan fingerprint density at radius 3 is 2.60 bits per heavy atom. The van der Waals surface area contributed by atoms with Crippen LogP contribution >= 0.6 is 11.6 Å². The minimum absolute atomic E-state index is 0.00923. The summed E-state index contributed by atoms with van der Waals surface area (Å²) < 4.78 is 22.1. The van der Waals surface area contributed by atoms with E-state index in [1.54, 1.807) is 0 Å². The van der Waals surface area contributed by atoms with Gasteiger partial charge in [0.25, 0.3) is 0 Å². The molecule has 0 aliphatic carbocycles. The Labute approximate surface area is 260 Å². The zero-order chi connectivity index (χ0) is 29.8. The third-order valence-corrected chi connectivity index (χ3v) is 9.20. The zero-order valence-corrected chi connectivity index (χ0v) is 26.2. The molecule has 0 saturated carbocycles. The van der Waals surface area contributed by atoms with E-state index in [2.05, 4.69) is 83.8 Å². The fourth-order valence-electron chi connectivity index (χ4n) is 6.48. The molecule has 4 aromatic rings. The van der Waals surface area contributed by atoms with Gasteiger partial charge < -0.3 is 18.8 Å². The Morgan fingerprint density at radius 2 is 1.81 bits per heavy atom. The van der Waals surface area contributed by atoms with Gasteiger partial charge in [-0.05, 0) is 69.4 Å². The molecule has 0 amide bonds. The number of rotatable bonds is 11. The molecule has 6 rings (SSSR count). The molecular formula is C36H42ClN3O3. The fourth-order valence-corrected chi connectivity index (χ4v) is 6.68. The predicted octanol–water partition coefficient (Wildman–Crippen LogP) is 8.24. The predicted molar refractivity (Wildman–Crippen MR) is 170 cm³/mol. The van der Waals surface area contributed by atoms with Crippen LogP contribution in [-0.2, 0) is 31.0 Å². The average Bonchev–Trinajstić information content (AvgIpc) is 3.51. The minimum Gasteiger partial charge on any atom is -0.489 e. The lowest BCUT2D eigenvalue weighted by Crippen LogP contribution is -2.48. The monoisotopic (exact) mass is 599 g/mol. The number of halogens is 1. The molecule has 7 heteroatoms. The maximum atomic E-state index is 6.75. The molecule has 2 aliphatic heterocycles. The highest BCUT2D eigenvalue weighted by Gasteiger charge is 2.47. The summed E-state index contributed by atoms with van der Waals surface area (Å²) in [5, 5.41) is 0.785. The van der Waals surface area contributed by atoms with Crippen molar-refractivity contribution in [3.05, 3.63) is 113 Å². The summed E-state index contributed by atoms with van der Waals surface area (Å²) in [5.41, 5.74) is 4.13. The summed E-state index contributed by atoms with van der Waals surface area (Å²) in [7, 11) is 0. The second-order valence-electron chi connectivity index (χ2n) is 12.5. The molecule has 0 bridgehead atoms. The van der Waals surface area contributed by atoms with Gasteiger partial charge in [0.05, 0.1) is 18.5 Å². The van der Waals surface area contributed by atoms with Gasteiger partial charge in [-0.3, -0.25) is 4.90 Å². The second kappa shape index (κ2) is 13.1. The Morgan fingerprint density at radius 1 is 1.02 bits per heavy atom. The lowest BCUT2D eigenvalue weighted by molar-refractivity contribution is -0.144. The molecule has 3 heterocycles. The van der Waals surface area contributed by atoms with Crippen LogP contribution in [0.4, 0.5) is 0 Å². The van der Waals surface area contributed by atoms with Gasteiger partial charge in [-0.15, -0.1) is 0 Å². The number of nitrogens with zero attached hydrogens (tertiary/aromatic N) is 3. The van der Waals surface area contributed by atoms with Gasteiger partial charge in [0.1, 0.15) is 23.7 Å². The third kappa shape index (κ3) is 7.09. The number of ether oxygens (including phenoxy) is 3. The molecule has 1 saturated heterocycles. The second-order valence-corrected chi connectivity index (χ2v) is 12.9. The first-order valence-corrected chi connectivity index (χ1v) is 15.8. The molecule has 0 radical (unpaired) electrons. The van der Waals surface area contributed by atoms with Crippen molar-refractivity contribution >= 4 is 11.6 Å². The largest absolute Gasteiger partial charge is 0.489 e. The van der Waals surface area contributed by atoms with E-state index in [9.17, 15) is 0 Å². The van der Waals surface area contributed by atoms with E-state index in [0.29, 0.717) is 19.1 Å². The van der Waals surface area contributed by atoms with E-state index < -0.39 is 0 Å². The molecule has 6 nitrogen and oxygen atoms in total. The molecule has 1 aromatic heterocycles. The first-order valence-electron chi connectivity index (χ1n) is 15.5. The molecule has 0 unspecified atom stereocenters. The maximum absolute atomic E-state index is 6.75. The smallest absolute Gasteiger partial charge is 0.126 e. The first kappa shape index (κ1) is 29.7. The van der Waals surface area contributed by atoms with E-state index in [1.807, 2.05) is 36.9 Å². The molecule has 43 heavy (non-hydrogen) atoms. The summed E-state index contributed by atoms with van der Waals surface area (Å²) >= 11 is 6.64. The Balaban J connectivity index is 1.33. The highest BCUT2D eigenvalue weighted by Crippen LogP contribution is 2.52. The minimum atomic E-state index is -0.316. The zero-order valence-electron chi connectivity index (χ0n) is 25.4. The highest BCUT2D eigenvalue weighted by molar-refractivity contribution is 6.31. The van der Waals surface area contributed by atoms with Gasteiger partial charge in [-0.25, -0.2) is 4.98 Å². The van der Waals surface area contributed by atoms with Gasteiger partial charge in [0.15, 0.2) is 0 Å². The topological polar surface area (TPSA) is 48.8 Å². The van der Waals surface area contributed by atoms with Crippen LogP contribution in [0.3, 0.4) is 0 Å². The van der Waals surface area contributed by atoms with Crippen LogP contribution in [0, 0.1) is 5.92 Å². The Bertz CT molecular complexity index is 1490. The van der Waals surface area contributed by atoms with Crippen LogP contribution in [0.1, 0.15) is 68.4 Å². The summed E-state index contributed by atoms with van der Waals surface area (Å²) in [6, 6.07) is 22.8. The first-order chi connectivity index (χ1) is 20.9. The lowest BCUT2D eigenvalue weighted by atomic mass is 9.75. The quantitative estimate of drug-likeness (QED) is 0.174. The number of fused-ring (bicyclic) bond motifs is 3. The van der Waals surface area contributed by atoms with Gasteiger partial charge in [0.2, 0.25) is 0 Å². The molecule has 0 N–H and O–H groups in total. The number of hydrogen-bond acceptors (Lipinski definition) is 5. The van der Waals surface area contributed by atoms with Crippen LogP contribution < -0.4 is 9.47 Å². The van der Waals surface area contributed by atoms with E-state index in [-0.39, 0.29) is 17.8 Å². The van der Waals surface area contributed by atoms with Crippen LogP contribution in [0.15, 0.2) is 85.5 Å². The number of imidazole rings is 1. The lowest BCUT2D eigenvalue weighted by Gasteiger charge is -2.48. The van der Waals surface area contributed by atoms with E-state index in [0.717, 1.165) is 77.7 Å². The Hall–Kier alpha value is -3.32. The van der Waals surface area contributed by atoms with Crippen molar-refractivity contribution in [2.75, 3.05) is 6.54 Å². The van der Waals surface area contributed by atoms with Crippen molar-refractivity contribution < 1.29 is 14.2 Å². The number of hydrogen-bond donors (Lipinski definition) is 0. The summed E-state index contributed by atoms with van der Waals surface area (Å²) in [4.78, 5) is 6.65. The van der Waals surface area contributed by atoms with Crippen molar-refractivity contribution in [2.24, 2.45) is 5.92 Å².